The Kier molecular flexibility index (Phi) is 6.99. The zero-order chi connectivity index (χ0) is 22.7. The van der Waals surface area contributed by atoms with Crippen LogP contribution in [0.3, 0.4) is 0 Å². The first-order chi connectivity index (χ1) is 14.7. The van der Waals surface area contributed by atoms with Crippen molar-refractivity contribution in [2.75, 3.05) is 13.1 Å². The van der Waals surface area contributed by atoms with Gasteiger partial charge in [-0.25, -0.2) is 0 Å². The second-order valence-electron chi connectivity index (χ2n) is 6.46. The molecule has 0 radical (unpaired) electrons. The van der Waals surface area contributed by atoms with E-state index in [0.717, 1.165) is 16.7 Å². The number of rotatable bonds is 6. The summed E-state index contributed by atoms with van der Waals surface area (Å²) in [4.78, 5) is 49.0. The summed E-state index contributed by atoms with van der Waals surface area (Å²) in [5, 5.41) is 13.9. The first-order valence-corrected chi connectivity index (χ1v) is 10.5. The number of amides is 3. The maximum absolute atomic E-state index is 12.6. The molecule has 0 aromatic heterocycles. The van der Waals surface area contributed by atoms with Crippen molar-refractivity contribution in [1.82, 2.24) is 10.2 Å². The minimum Gasteiger partial charge on any atom is -0.350 e. The highest BCUT2D eigenvalue weighted by atomic mass is 35.5. The highest BCUT2D eigenvalue weighted by molar-refractivity contribution is 8.18. The summed E-state index contributed by atoms with van der Waals surface area (Å²) in [6, 6.07) is 9.36. The molecule has 1 fully saturated rings. The van der Waals surface area contributed by atoms with Crippen LogP contribution < -0.4 is 5.32 Å². The van der Waals surface area contributed by atoms with Gasteiger partial charge in [-0.3, -0.25) is 29.4 Å². The summed E-state index contributed by atoms with van der Waals surface area (Å²) in [6.07, 6.45) is 1.48. The molecule has 0 saturated carbocycles. The SMILES string of the molecule is Cc1cccc(C(=O)NCCN2C(=O)S/C(=C\c3cccc(Cl)c3Cl)C2=O)c1[N+](=O)[O-]. The van der Waals surface area contributed by atoms with Crippen molar-refractivity contribution < 1.29 is 19.3 Å². The molecule has 1 saturated heterocycles. The average molecular weight is 480 g/mol. The van der Waals surface area contributed by atoms with E-state index in [1.807, 2.05) is 0 Å². The van der Waals surface area contributed by atoms with Crippen molar-refractivity contribution in [3.05, 3.63) is 78.2 Å². The quantitative estimate of drug-likeness (QED) is 0.366. The van der Waals surface area contributed by atoms with Crippen molar-refractivity contribution in [1.29, 1.82) is 0 Å². The van der Waals surface area contributed by atoms with Gasteiger partial charge in [0, 0.05) is 18.7 Å². The third kappa shape index (κ3) is 4.90. The molecule has 0 bridgehead atoms. The molecule has 0 unspecified atom stereocenters. The van der Waals surface area contributed by atoms with E-state index in [1.54, 1.807) is 24.3 Å². The molecular weight excluding hydrogens is 465 g/mol. The molecule has 11 heteroatoms. The fourth-order valence-corrected chi connectivity index (χ4v) is 4.15. The first-order valence-electron chi connectivity index (χ1n) is 8.92. The summed E-state index contributed by atoms with van der Waals surface area (Å²) in [6.45, 7) is 1.39. The molecule has 8 nitrogen and oxygen atoms in total. The van der Waals surface area contributed by atoms with Gasteiger partial charge >= 0.3 is 0 Å². The summed E-state index contributed by atoms with van der Waals surface area (Å²) < 4.78 is 0. The monoisotopic (exact) mass is 479 g/mol. The van der Waals surface area contributed by atoms with Crippen LogP contribution in [0.25, 0.3) is 6.08 Å². The Balaban J connectivity index is 1.67. The van der Waals surface area contributed by atoms with Crippen LogP contribution in [0, 0.1) is 17.0 Å². The zero-order valence-electron chi connectivity index (χ0n) is 16.1. The van der Waals surface area contributed by atoms with Gasteiger partial charge in [-0.1, -0.05) is 47.5 Å². The van der Waals surface area contributed by atoms with Gasteiger partial charge in [0.05, 0.1) is 19.9 Å². The van der Waals surface area contributed by atoms with Gasteiger partial charge in [0.25, 0.3) is 22.7 Å². The van der Waals surface area contributed by atoms with Crippen LogP contribution in [0.2, 0.25) is 10.0 Å². The average Bonchev–Trinajstić information content (AvgIpc) is 2.98. The number of carbonyl (C=O) groups is 3. The molecule has 0 spiro atoms. The van der Waals surface area contributed by atoms with Crippen LogP contribution in [0.5, 0.6) is 0 Å². The Hall–Kier alpha value is -2.88. The van der Waals surface area contributed by atoms with Gasteiger partial charge in [0.1, 0.15) is 5.56 Å². The smallest absolute Gasteiger partial charge is 0.293 e. The van der Waals surface area contributed by atoms with Gasteiger partial charge in [-0.15, -0.1) is 0 Å². The molecule has 1 aliphatic heterocycles. The van der Waals surface area contributed by atoms with E-state index in [2.05, 4.69) is 5.32 Å². The van der Waals surface area contributed by atoms with Crippen molar-refractivity contribution in [2.24, 2.45) is 0 Å². The van der Waals surface area contributed by atoms with E-state index in [1.165, 1.54) is 25.1 Å². The zero-order valence-corrected chi connectivity index (χ0v) is 18.4. The number of halogens is 2. The van der Waals surface area contributed by atoms with Crippen molar-refractivity contribution in [3.63, 3.8) is 0 Å². The number of nitrogens with one attached hydrogen (secondary N) is 1. The third-order valence-electron chi connectivity index (χ3n) is 4.43. The Bertz CT molecular complexity index is 1140. The van der Waals surface area contributed by atoms with E-state index in [-0.39, 0.29) is 34.3 Å². The minimum atomic E-state index is -0.663. The minimum absolute atomic E-state index is 0.0623. The normalized spacial score (nSPS) is 14.9. The summed E-state index contributed by atoms with van der Waals surface area (Å²) in [7, 11) is 0. The Labute approximate surface area is 191 Å². The summed E-state index contributed by atoms with van der Waals surface area (Å²) in [5.41, 5.74) is 0.482. The number of thioether (sulfide) groups is 1. The number of imide groups is 1. The van der Waals surface area contributed by atoms with Crippen molar-refractivity contribution >= 4 is 63.8 Å². The number of nitrogens with zero attached hydrogens (tertiary/aromatic N) is 2. The van der Waals surface area contributed by atoms with E-state index in [0.29, 0.717) is 16.1 Å². The molecule has 3 rings (SSSR count). The third-order valence-corrected chi connectivity index (χ3v) is 6.17. The molecule has 3 amide bonds. The number of hydrogen-bond acceptors (Lipinski definition) is 6. The number of hydrogen-bond donors (Lipinski definition) is 1. The number of benzene rings is 2. The van der Waals surface area contributed by atoms with E-state index in [9.17, 15) is 24.5 Å². The van der Waals surface area contributed by atoms with Gasteiger partial charge in [-0.2, -0.15) is 0 Å². The highest BCUT2D eigenvalue weighted by Gasteiger charge is 2.35. The molecular formula is C20H15Cl2N3O5S. The predicted octanol–water partition coefficient (Wildman–Crippen LogP) is 4.68. The van der Waals surface area contributed by atoms with Gasteiger partial charge in [-0.05, 0) is 42.5 Å². The van der Waals surface area contributed by atoms with Gasteiger partial charge in [0.15, 0.2) is 0 Å². The topological polar surface area (TPSA) is 110 Å². The van der Waals surface area contributed by atoms with Gasteiger partial charge in [0.2, 0.25) is 0 Å². The molecule has 2 aromatic carbocycles. The standard InChI is InChI=1S/C20H15Cl2N3O5S/c1-11-4-2-6-13(17(11)25(29)30)18(26)23-8-9-24-19(27)15(31-20(24)28)10-12-5-3-7-14(21)16(12)22/h2-7,10H,8-9H2,1H3,(H,23,26)/b15-10-. The second-order valence-corrected chi connectivity index (χ2v) is 8.24. The van der Waals surface area contributed by atoms with Crippen LogP contribution in [-0.2, 0) is 4.79 Å². The Morgan fingerprint density at radius 3 is 2.65 bits per heavy atom. The second kappa shape index (κ2) is 9.51. The molecule has 0 atom stereocenters. The highest BCUT2D eigenvalue weighted by Crippen LogP contribution is 2.34. The van der Waals surface area contributed by atoms with Crippen LogP contribution in [0.1, 0.15) is 21.5 Å². The lowest BCUT2D eigenvalue weighted by Crippen LogP contribution is -2.37. The number of para-hydroxylation sites is 1. The number of nitro benzene ring substituents is 1. The fourth-order valence-electron chi connectivity index (χ4n) is 2.93. The summed E-state index contributed by atoms with van der Waals surface area (Å²) in [5.74, 6) is -1.19. The summed E-state index contributed by atoms with van der Waals surface area (Å²) >= 11 is 12.8. The van der Waals surface area contributed by atoms with Crippen molar-refractivity contribution in [2.45, 2.75) is 6.92 Å². The van der Waals surface area contributed by atoms with Crippen LogP contribution in [-0.4, -0.2) is 40.0 Å². The maximum atomic E-state index is 12.6. The van der Waals surface area contributed by atoms with E-state index in [4.69, 9.17) is 23.2 Å². The largest absolute Gasteiger partial charge is 0.350 e. The Morgan fingerprint density at radius 1 is 1.23 bits per heavy atom. The number of nitro groups is 1. The van der Waals surface area contributed by atoms with E-state index < -0.39 is 22.0 Å². The predicted molar refractivity (Wildman–Crippen MR) is 119 cm³/mol. The van der Waals surface area contributed by atoms with Crippen LogP contribution >= 0.6 is 35.0 Å². The lowest BCUT2D eigenvalue weighted by molar-refractivity contribution is -0.385. The molecule has 2 aromatic rings. The van der Waals surface area contributed by atoms with Crippen molar-refractivity contribution in [3.8, 4) is 0 Å². The van der Waals surface area contributed by atoms with E-state index >= 15 is 0 Å². The van der Waals surface area contributed by atoms with Crippen LogP contribution in [0.15, 0.2) is 41.3 Å². The molecule has 1 aliphatic rings. The number of carbonyl (C=O) groups excluding carboxylic acids is 3. The molecule has 160 valence electrons. The molecule has 1 N–H and O–H groups in total. The lowest BCUT2D eigenvalue weighted by atomic mass is 10.1. The Morgan fingerprint density at radius 2 is 1.94 bits per heavy atom. The molecule has 31 heavy (non-hydrogen) atoms. The first kappa shape index (κ1) is 22.8. The van der Waals surface area contributed by atoms with Gasteiger partial charge < -0.3 is 5.32 Å². The maximum Gasteiger partial charge on any atom is 0.293 e. The van der Waals surface area contributed by atoms with Crippen LogP contribution in [0.4, 0.5) is 10.5 Å². The molecule has 0 aliphatic carbocycles. The lowest BCUT2D eigenvalue weighted by Gasteiger charge is -2.13. The number of aryl methyl sites for hydroxylation is 1. The molecule has 1 heterocycles. The fraction of sp³-hybridized carbons (Fsp3) is 0.150.